The van der Waals surface area contributed by atoms with Crippen LogP contribution < -0.4 is 10.1 Å². The second-order valence-electron chi connectivity index (χ2n) is 8.03. The summed E-state index contributed by atoms with van der Waals surface area (Å²) in [7, 11) is 0. The average Bonchev–Trinajstić information content (AvgIpc) is 3.09. The normalized spacial score (nSPS) is 12.4. The molecule has 0 bridgehead atoms. The Bertz CT molecular complexity index is 965. The molecule has 0 heterocycles. The number of carbonyl (C=O) groups excluding carboxylic acids is 1. The predicted molar refractivity (Wildman–Crippen MR) is 119 cm³/mol. The Morgan fingerprint density at radius 1 is 0.900 bits per heavy atom. The lowest BCUT2D eigenvalue weighted by Crippen LogP contribution is -2.25. The molecule has 0 aromatic heterocycles. The summed E-state index contributed by atoms with van der Waals surface area (Å²) in [6, 6.07) is 24.4. The molecular weight excluding hydrogens is 374 g/mol. The van der Waals surface area contributed by atoms with E-state index < -0.39 is 6.09 Å². The molecule has 30 heavy (non-hydrogen) atoms. The SMILES string of the molecule is CC(C)COc1ccc(CNC(=O)OCC2c3ccccc3-c3ccccc32)cc1. The number of ether oxygens (including phenoxy) is 2. The highest BCUT2D eigenvalue weighted by atomic mass is 16.5. The Morgan fingerprint density at radius 3 is 2.10 bits per heavy atom. The van der Waals surface area contributed by atoms with E-state index in [1.165, 1.54) is 22.3 Å². The molecule has 3 aromatic rings. The van der Waals surface area contributed by atoms with Crippen LogP contribution in [0.25, 0.3) is 11.1 Å². The van der Waals surface area contributed by atoms with Crippen molar-refractivity contribution in [3.05, 3.63) is 89.5 Å². The number of hydrogen-bond donors (Lipinski definition) is 1. The fourth-order valence-electron chi connectivity index (χ4n) is 3.79. The third-order valence-electron chi connectivity index (χ3n) is 5.29. The maximum absolute atomic E-state index is 12.3. The first kappa shape index (κ1) is 20.0. The van der Waals surface area contributed by atoms with Gasteiger partial charge in [0.25, 0.3) is 0 Å². The number of alkyl carbamates (subject to hydrolysis) is 1. The highest BCUT2D eigenvalue weighted by molar-refractivity contribution is 5.79. The van der Waals surface area contributed by atoms with Gasteiger partial charge in [-0.2, -0.15) is 0 Å². The molecule has 0 unspecified atom stereocenters. The Morgan fingerprint density at radius 2 is 1.50 bits per heavy atom. The number of rotatable bonds is 7. The summed E-state index contributed by atoms with van der Waals surface area (Å²) in [6.45, 7) is 5.67. The third-order valence-corrected chi connectivity index (χ3v) is 5.29. The maximum atomic E-state index is 12.3. The second kappa shape index (κ2) is 9.04. The summed E-state index contributed by atoms with van der Waals surface area (Å²) in [5.41, 5.74) is 5.87. The monoisotopic (exact) mass is 401 g/mol. The number of benzene rings is 3. The van der Waals surface area contributed by atoms with Crippen LogP contribution in [0.3, 0.4) is 0 Å². The molecule has 1 aliphatic rings. The van der Waals surface area contributed by atoms with E-state index in [0.717, 1.165) is 11.3 Å². The van der Waals surface area contributed by atoms with Crippen LogP contribution >= 0.6 is 0 Å². The summed E-state index contributed by atoms with van der Waals surface area (Å²) in [5.74, 6) is 1.40. The molecule has 4 heteroatoms. The summed E-state index contributed by atoms with van der Waals surface area (Å²) in [6.07, 6.45) is -0.406. The molecule has 0 radical (unpaired) electrons. The van der Waals surface area contributed by atoms with Crippen molar-refractivity contribution in [1.82, 2.24) is 5.32 Å². The first-order valence-corrected chi connectivity index (χ1v) is 10.4. The van der Waals surface area contributed by atoms with Gasteiger partial charge in [0.05, 0.1) is 6.61 Å². The third kappa shape index (κ3) is 4.48. The fraction of sp³-hybridized carbons (Fsp3) is 0.269. The lowest BCUT2D eigenvalue weighted by molar-refractivity contribution is 0.142. The molecule has 3 aromatic carbocycles. The van der Waals surface area contributed by atoms with Crippen molar-refractivity contribution in [2.45, 2.75) is 26.3 Å². The molecule has 1 N–H and O–H groups in total. The lowest BCUT2D eigenvalue weighted by Gasteiger charge is -2.14. The lowest BCUT2D eigenvalue weighted by atomic mass is 9.98. The largest absolute Gasteiger partial charge is 0.493 e. The van der Waals surface area contributed by atoms with Crippen LogP contribution in [-0.2, 0) is 11.3 Å². The zero-order valence-electron chi connectivity index (χ0n) is 17.4. The van der Waals surface area contributed by atoms with E-state index in [2.05, 4.69) is 43.4 Å². The molecule has 0 atom stereocenters. The van der Waals surface area contributed by atoms with Crippen molar-refractivity contribution in [3.63, 3.8) is 0 Å². The van der Waals surface area contributed by atoms with Gasteiger partial charge in [-0.1, -0.05) is 74.5 Å². The summed E-state index contributed by atoms with van der Waals surface area (Å²) >= 11 is 0. The van der Waals surface area contributed by atoms with E-state index in [0.29, 0.717) is 25.7 Å². The van der Waals surface area contributed by atoms with Crippen LogP contribution in [0, 0.1) is 5.92 Å². The van der Waals surface area contributed by atoms with Gasteiger partial charge in [0.2, 0.25) is 0 Å². The Balaban J connectivity index is 1.31. The predicted octanol–water partition coefficient (Wildman–Crippen LogP) is 5.76. The van der Waals surface area contributed by atoms with Crippen LogP contribution in [-0.4, -0.2) is 19.3 Å². The van der Waals surface area contributed by atoms with Crippen molar-refractivity contribution in [2.75, 3.05) is 13.2 Å². The minimum absolute atomic E-state index is 0.0699. The van der Waals surface area contributed by atoms with Gasteiger partial charge in [0.1, 0.15) is 12.4 Å². The van der Waals surface area contributed by atoms with Gasteiger partial charge in [0, 0.05) is 12.5 Å². The number of carbonyl (C=O) groups is 1. The van der Waals surface area contributed by atoms with Crippen LogP contribution in [0.1, 0.15) is 36.5 Å². The van der Waals surface area contributed by atoms with Crippen molar-refractivity contribution in [3.8, 4) is 16.9 Å². The molecule has 0 fully saturated rings. The second-order valence-corrected chi connectivity index (χ2v) is 8.03. The van der Waals surface area contributed by atoms with E-state index >= 15 is 0 Å². The molecule has 0 saturated heterocycles. The van der Waals surface area contributed by atoms with Crippen LogP contribution in [0.4, 0.5) is 4.79 Å². The highest BCUT2D eigenvalue weighted by Gasteiger charge is 2.28. The molecule has 1 aliphatic carbocycles. The average molecular weight is 402 g/mol. The Hall–Kier alpha value is -3.27. The van der Waals surface area contributed by atoms with Crippen LogP contribution in [0.2, 0.25) is 0 Å². The first-order valence-electron chi connectivity index (χ1n) is 10.4. The molecule has 0 aliphatic heterocycles. The number of amides is 1. The molecule has 4 rings (SSSR count). The molecule has 0 saturated carbocycles. The van der Waals surface area contributed by atoms with E-state index in [1.807, 2.05) is 48.5 Å². The van der Waals surface area contributed by atoms with Crippen LogP contribution in [0.15, 0.2) is 72.8 Å². The smallest absolute Gasteiger partial charge is 0.407 e. The molecule has 154 valence electrons. The molecular formula is C26H27NO3. The molecule has 0 spiro atoms. The van der Waals surface area contributed by atoms with Crippen molar-refractivity contribution in [1.29, 1.82) is 0 Å². The summed E-state index contributed by atoms with van der Waals surface area (Å²) in [4.78, 5) is 12.3. The van der Waals surface area contributed by atoms with E-state index in [-0.39, 0.29) is 5.92 Å². The first-order chi connectivity index (χ1) is 14.6. The van der Waals surface area contributed by atoms with E-state index in [1.54, 1.807) is 0 Å². The van der Waals surface area contributed by atoms with Gasteiger partial charge in [-0.05, 0) is 45.9 Å². The standard InChI is InChI=1S/C26H27NO3/c1-18(2)16-29-20-13-11-19(12-14-20)15-27-26(28)30-17-25-23-9-5-3-7-21(23)22-8-4-6-10-24(22)25/h3-14,18,25H,15-17H2,1-2H3,(H,27,28). The number of hydrogen-bond acceptors (Lipinski definition) is 3. The van der Waals surface area contributed by atoms with E-state index in [4.69, 9.17) is 9.47 Å². The number of nitrogens with one attached hydrogen (secondary N) is 1. The zero-order chi connectivity index (χ0) is 20.9. The van der Waals surface area contributed by atoms with Crippen molar-refractivity contribution < 1.29 is 14.3 Å². The summed E-state index contributed by atoms with van der Waals surface area (Å²) < 4.78 is 11.3. The minimum Gasteiger partial charge on any atom is -0.493 e. The van der Waals surface area contributed by atoms with E-state index in [9.17, 15) is 4.79 Å². The minimum atomic E-state index is -0.406. The van der Waals surface area contributed by atoms with Gasteiger partial charge >= 0.3 is 6.09 Å². The Labute approximate surface area is 177 Å². The van der Waals surface area contributed by atoms with Gasteiger partial charge in [-0.15, -0.1) is 0 Å². The maximum Gasteiger partial charge on any atom is 0.407 e. The Kier molecular flexibility index (Phi) is 6.03. The van der Waals surface area contributed by atoms with Gasteiger partial charge in [0.15, 0.2) is 0 Å². The summed E-state index contributed by atoms with van der Waals surface area (Å²) in [5, 5.41) is 2.84. The highest BCUT2D eigenvalue weighted by Crippen LogP contribution is 2.44. The molecule has 4 nitrogen and oxygen atoms in total. The molecule has 1 amide bonds. The van der Waals surface area contributed by atoms with Gasteiger partial charge in [-0.3, -0.25) is 0 Å². The quantitative estimate of drug-likeness (QED) is 0.547. The van der Waals surface area contributed by atoms with Crippen molar-refractivity contribution >= 4 is 6.09 Å². The van der Waals surface area contributed by atoms with Gasteiger partial charge in [-0.25, -0.2) is 4.79 Å². The number of fused-ring (bicyclic) bond motifs is 3. The van der Waals surface area contributed by atoms with Crippen LogP contribution in [0.5, 0.6) is 5.75 Å². The van der Waals surface area contributed by atoms with Gasteiger partial charge < -0.3 is 14.8 Å². The van der Waals surface area contributed by atoms with Crippen molar-refractivity contribution in [2.24, 2.45) is 5.92 Å². The topological polar surface area (TPSA) is 47.6 Å². The fourth-order valence-corrected chi connectivity index (χ4v) is 3.79. The zero-order valence-corrected chi connectivity index (χ0v) is 17.4.